The van der Waals surface area contributed by atoms with E-state index in [1.807, 2.05) is 0 Å². The van der Waals surface area contributed by atoms with Gasteiger partial charge in [-0.05, 0) is 43.7 Å². The first-order valence-corrected chi connectivity index (χ1v) is 7.99. The van der Waals surface area contributed by atoms with Crippen LogP contribution in [0.4, 0.5) is 13.2 Å². The largest absolute Gasteiger partial charge is 0.573 e. The van der Waals surface area contributed by atoms with Crippen molar-refractivity contribution in [2.75, 3.05) is 0 Å². The van der Waals surface area contributed by atoms with E-state index in [9.17, 15) is 18.0 Å². The molecular weight excluding hydrogens is 361 g/mol. The standard InChI is InChI=1S/C20H17F3O4/c1-4-19(3,5-2)26-17-13-14(11-12-16(17)27-20(21,22)23)18(24)25-15-9-7-6-8-10-15/h1,6-13H,5H2,2-3H3. The van der Waals surface area contributed by atoms with Crippen LogP contribution in [0.25, 0.3) is 0 Å². The number of para-hydroxylation sites is 1. The van der Waals surface area contributed by atoms with Crippen LogP contribution in [0.15, 0.2) is 48.5 Å². The zero-order valence-electron chi connectivity index (χ0n) is 14.7. The van der Waals surface area contributed by atoms with Crippen LogP contribution in [0.3, 0.4) is 0 Å². The number of alkyl halides is 3. The highest BCUT2D eigenvalue weighted by Crippen LogP contribution is 2.36. The molecule has 0 aliphatic rings. The van der Waals surface area contributed by atoms with Gasteiger partial charge in [0.05, 0.1) is 5.56 Å². The molecule has 0 radical (unpaired) electrons. The summed E-state index contributed by atoms with van der Waals surface area (Å²) >= 11 is 0. The van der Waals surface area contributed by atoms with Gasteiger partial charge in [-0.15, -0.1) is 19.6 Å². The topological polar surface area (TPSA) is 44.8 Å². The van der Waals surface area contributed by atoms with Gasteiger partial charge in [-0.1, -0.05) is 31.0 Å². The highest BCUT2D eigenvalue weighted by molar-refractivity contribution is 5.91. The maximum Gasteiger partial charge on any atom is 0.573 e. The normalized spacial score (nSPS) is 13.2. The predicted molar refractivity (Wildman–Crippen MR) is 92.7 cm³/mol. The summed E-state index contributed by atoms with van der Waals surface area (Å²) in [6, 6.07) is 11.5. The summed E-state index contributed by atoms with van der Waals surface area (Å²) in [5, 5.41) is 0. The summed E-state index contributed by atoms with van der Waals surface area (Å²) in [6.45, 7) is 3.26. The third-order valence-corrected chi connectivity index (χ3v) is 3.67. The van der Waals surface area contributed by atoms with E-state index in [4.69, 9.17) is 15.9 Å². The van der Waals surface area contributed by atoms with Gasteiger partial charge in [0, 0.05) is 0 Å². The number of terminal acetylenes is 1. The number of carbonyl (C=O) groups excluding carboxylic acids is 1. The Morgan fingerprint density at radius 3 is 2.30 bits per heavy atom. The molecule has 142 valence electrons. The van der Waals surface area contributed by atoms with Crippen LogP contribution in [-0.4, -0.2) is 17.9 Å². The number of ether oxygens (including phenoxy) is 3. The second-order valence-electron chi connectivity index (χ2n) is 5.74. The van der Waals surface area contributed by atoms with Crippen LogP contribution in [0.2, 0.25) is 0 Å². The Balaban J connectivity index is 2.36. The van der Waals surface area contributed by atoms with E-state index < -0.39 is 23.7 Å². The summed E-state index contributed by atoms with van der Waals surface area (Å²) in [5.41, 5.74) is -1.19. The molecule has 0 spiro atoms. The van der Waals surface area contributed by atoms with E-state index in [2.05, 4.69) is 10.7 Å². The van der Waals surface area contributed by atoms with Crippen LogP contribution in [0.1, 0.15) is 30.6 Å². The van der Waals surface area contributed by atoms with Gasteiger partial charge in [-0.2, -0.15) is 0 Å². The molecule has 2 rings (SSSR count). The predicted octanol–water partition coefficient (Wildman–Crippen LogP) is 4.99. The van der Waals surface area contributed by atoms with E-state index in [-0.39, 0.29) is 11.3 Å². The van der Waals surface area contributed by atoms with E-state index in [1.165, 1.54) is 0 Å². The molecule has 2 aromatic rings. The van der Waals surface area contributed by atoms with Gasteiger partial charge < -0.3 is 14.2 Å². The molecule has 27 heavy (non-hydrogen) atoms. The molecule has 0 saturated heterocycles. The van der Waals surface area contributed by atoms with Crippen molar-refractivity contribution in [1.82, 2.24) is 0 Å². The average molecular weight is 378 g/mol. The molecular formula is C20H17F3O4. The Morgan fingerprint density at radius 1 is 1.07 bits per heavy atom. The minimum absolute atomic E-state index is 0.0150. The van der Waals surface area contributed by atoms with Gasteiger partial charge >= 0.3 is 12.3 Å². The summed E-state index contributed by atoms with van der Waals surface area (Å²) in [4.78, 5) is 12.3. The number of hydrogen-bond donors (Lipinski definition) is 0. The van der Waals surface area contributed by atoms with Crippen LogP contribution in [0, 0.1) is 12.3 Å². The van der Waals surface area contributed by atoms with Crippen molar-refractivity contribution in [1.29, 1.82) is 0 Å². The molecule has 2 aromatic carbocycles. The Hall–Kier alpha value is -3.14. The number of hydrogen-bond acceptors (Lipinski definition) is 4. The fraction of sp³-hybridized carbons (Fsp3) is 0.250. The minimum atomic E-state index is -4.93. The van der Waals surface area contributed by atoms with Gasteiger partial charge in [0.25, 0.3) is 0 Å². The Bertz CT molecular complexity index is 841. The fourth-order valence-corrected chi connectivity index (χ4v) is 2.02. The number of carbonyl (C=O) groups is 1. The lowest BCUT2D eigenvalue weighted by atomic mass is 10.0. The van der Waals surface area contributed by atoms with E-state index >= 15 is 0 Å². The molecule has 0 heterocycles. The van der Waals surface area contributed by atoms with Crippen molar-refractivity contribution < 1.29 is 32.2 Å². The van der Waals surface area contributed by atoms with Crippen molar-refractivity contribution in [2.24, 2.45) is 0 Å². The summed E-state index contributed by atoms with van der Waals surface area (Å²) < 4.78 is 52.7. The molecule has 7 heteroatoms. The van der Waals surface area contributed by atoms with Crippen molar-refractivity contribution in [3.63, 3.8) is 0 Å². The molecule has 0 N–H and O–H groups in total. The lowest BCUT2D eigenvalue weighted by molar-refractivity contribution is -0.275. The van der Waals surface area contributed by atoms with Crippen LogP contribution in [-0.2, 0) is 0 Å². The summed E-state index contributed by atoms with van der Waals surface area (Å²) in [6.07, 6.45) is 0.812. The van der Waals surface area contributed by atoms with Gasteiger partial charge in [0.1, 0.15) is 5.75 Å². The van der Waals surface area contributed by atoms with Crippen LogP contribution < -0.4 is 14.2 Å². The van der Waals surface area contributed by atoms with Crippen molar-refractivity contribution in [3.8, 4) is 29.6 Å². The molecule has 0 fully saturated rings. The summed E-state index contributed by atoms with van der Waals surface area (Å²) in [7, 11) is 0. The number of esters is 1. The first kappa shape index (κ1) is 20.2. The highest BCUT2D eigenvalue weighted by atomic mass is 19.4. The smallest absolute Gasteiger partial charge is 0.471 e. The van der Waals surface area contributed by atoms with E-state index in [0.717, 1.165) is 18.2 Å². The minimum Gasteiger partial charge on any atom is -0.471 e. The van der Waals surface area contributed by atoms with Gasteiger partial charge in [-0.3, -0.25) is 0 Å². The van der Waals surface area contributed by atoms with E-state index in [1.54, 1.807) is 44.2 Å². The molecule has 0 amide bonds. The van der Waals surface area contributed by atoms with Crippen molar-refractivity contribution in [2.45, 2.75) is 32.2 Å². The van der Waals surface area contributed by atoms with Gasteiger partial charge in [-0.25, -0.2) is 4.79 Å². The van der Waals surface area contributed by atoms with Crippen LogP contribution >= 0.6 is 0 Å². The second-order valence-corrected chi connectivity index (χ2v) is 5.74. The molecule has 0 aliphatic heterocycles. The third-order valence-electron chi connectivity index (χ3n) is 3.67. The highest BCUT2D eigenvalue weighted by Gasteiger charge is 2.34. The maximum absolute atomic E-state index is 12.7. The fourth-order valence-electron chi connectivity index (χ4n) is 2.02. The molecule has 1 atom stereocenters. The first-order chi connectivity index (χ1) is 12.7. The van der Waals surface area contributed by atoms with Gasteiger partial charge in [0.2, 0.25) is 0 Å². The SMILES string of the molecule is C#CC(C)(CC)Oc1cc(C(=O)Oc2ccccc2)ccc1OC(F)(F)F. The van der Waals surface area contributed by atoms with Crippen molar-refractivity contribution in [3.05, 3.63) is 54.1 Å². The molecule has 0 aromatic heterocycles. The molecule has 1 unspecified atom stereocenters. The van der Waals surface area contributed by atoms with Gasteiger partial charge in [0.15, 0.2) is 17.1 Å². The van der Waals surface area contributed by atoms with Crippen LogP contribution in [0.5, 0.6) is 17.2 Å². The molecule has 0 aliphatic carbocycles. The Labute approximate surface area is 154 Å². The summed E-state index contributed by atoms with van der Waals surface area (Å²) in [5.74, 6) is 1.00. The third kappa shape index (κ3) is 5.68. The maximum atomic E-state index is 12.7. The number of benzene rings is 2. The van der Waals surface area contributed by atoms with Crippen molar-refractivity contribution >= 4 is 5.97 Å². The number of halogens is 3. The second kappa shape index (κ2) is 8.04. The average Bonchev–Trinajstić information content (AvgIpc) is 2.62. The molecule has 4 nitrogen and oxygen atoms in total. The lowest BCUT2D eigenvalue weighted by Crippen LogP contribution is -2.30. The Kier molecular flexibility index (Phi) is 6.01. The van der Waals surface area contributed by atoms with E-state index in [0.29, 0.717) is 12.2 Å². The number of rotatable bonds is 6. The zero-order chi connectivity index (χ0) is 20.1. The zero-order valence-corrected chi connectivity index (χ0v) is 14.7. The lowest BCUT2D eigenvalue weighted by Gasteiger charge is -2.25. The molecule has 0 saturated carbocycles. The monoisotopic (exact) mass is 378 g/mol. The quantitative estimate of drug-likeness (QED) is 0.404. The molecule has 0 bridgehead atoms. The Morgan fingerprint density at radius 2 is 1.74 bits per heavy atom. The first-order valence-electron chi connectivity index (χ1n) is 7.99.